The molecular formula is C23H23N3O5. The molecule has 1 amide bonds. The summed E-state index contributed by atoms with van der Waals surface area (Å²) in [5.41, 5.74) is 2.07. The van der Waals surface area contributed by atoms with Crippen molar-refractivity contribution in [1.29, 1.82) is 0 Å². The van der Waals surface area contributed by atoms with Crippen molar-refractivity contribution < 1.29 is 23.8 Å². The quantitative estimate of drug-likeness (QED) is 0.443. The predicted molar refractivity (Wildman–Crippen MR) is 116 cm³/mol. The van der Waals surface area contributed by atoms with Gasteiger partial charge in [-0.05, 0) is 35.9 Å². The van der Waals surface area contributed by atoms with Crippen molar-refractivity contribution in [2.75, 3.05) is 19.5 Å². The van der Waals surface area contributed by atoms with E-state index in [4.69, 9.17) is 14.2 Å². The van der Waals surface area contributed by atoms with Gasteiger partial charge in [-0.2, -0.15) is 5.10 Å². The van der Waals surface area contributed by atoms with Crippen LogP contribution in [0.2, 0.25) is 0 Å². The monoisotopic (exact) mass is 421 g/mol. The van der Waals surface area contributed by atoms with Crippen molar-refractivity contribution in [3.05, 3.63) is 77.6 Å². The minimum atomic E-state index is -0.586. The average Bonchev–Trinajstić information content (AvgIpc) is 3.16. The Balaban J connectivity index is 1.70. The van der Waals surface area contributed by atoms with Crippen LogP contribution in [0.5, 0.6) is 11.5 Å². The molecule has 0 saturated carbocycles. The van der Waals surface area contributed by atoms with Gasteiger partial charge in [-0.3, -0.25) is 9.48 Å². The average molecular weight is 421 g/mol. The lowest BCUT2D eigenvalue weighted by molar-refractivity contribution is -0.111. The first-order chi connectivity index (χ1) is 15.0. The van der Waals surface area contributed by atoms with Crippen molar-refractivity contribution in [1.82, 2.24) is 9.78 Å². The van der Waals surface area contributed by atoms with Crippen molar-refractivity contribution in [3.63, 3.8) is 0 Å². The fraction of sp³-hybridized carbons (Fsp3) is 0.174. The lowest BCUT2D eigenvalue weighted by Crippen LogP contribution is -2.14. The number of carbonyl (C=O) groups is 2. The van der Waals surface area contributed by atoms with Crippen molar-refractivity contribution in [2.45, 2.75) is 6.61 Å². The number of benzene rings is 2. The molecule has 0 fully saturated rings. The van der Waals surface area contributed by atoms with Gasteiger partial charge in [0.05, 0.1) is 26.1 Å². The van der Waals surface area contributed by atoms with Crippen LogP contribution in [0.4, 0.5) is 5.69 Å². The number of nitrogens with zero attached hydrogens (tertiary/aromatic N) is 2. The van der Waals surface area contributed by atoms with E-state index in [9.17, 15) is 9.59 Å². The Labute approximate surface area is 180 Å². The Morgan fingerprint density at radius 2 is 1.90 bits per heavy atom. The second-order valence-electron chi connectivity index (χ2n) is 6.52. The van der Waals surface area contributed by atoms with Crippen molar-refractivity contribution in [3.8, 4) is 11.5 Å². The van der Waals surface area contributed by atoms with Crippen LogP contribution in [0.15, 0.2) is 60.8 Å². The van der Waals surface area contributed by atoms with Crippen LogP contribution >= 0.6 is 0 Å². The van der Waals surface area contributed by atoms with Gasteiger partial charge in [0, 0.05) is 18.7 Å². The number of ether oxygens (including phenoxy) is 3. The summed E-state index contributed by atoms with van der Waals surface area (Å²) in [6.45, 7) is 0.319. The zero-order valence-electron chi connectivity index (χ0n) is 17.5. The zero-order chi connectivity index (χ0) is 22.2. The van der Waals surface area contributed by atoms with Gasteiger partial charge in [-0.25, -0.2) is 4.79 Å². The molecule has 0 radical (unpaired) electrons. The van der Waals surface area contributed by atoms with E-state index < -0.39 is 11.9 Å². The molecule has 0 saturated heterocycles. The number of carbonyl (C=O) groups excluding carboxylic acids is 2. The molecule has 0 atom stereocenters. The first kappa shape index (κ1) is 21.6. The number of para-hydroxylation sites is 1. The summed E-state index contributed by atoms with van der Waals surface area (Å²) in [5, 5.41) is 6.62. The highest BCUT2D eigenvalue weighted by molar-refractivity contribution is 6.05. The summed E-state index contributed by atoms with van der Waals surface area (Å²) in [7, 11) is 4.45. The van der Waals surface area contributed by atoms with E-state index in [1.54, 1.807) is 20.2 Å². The number of amides is 1. The molecule has 160 valence electrons. The highest BCUT2D eigenvalue weighted by Gasteiger charge is 2.18. The van der Waals surface area contributed by atoms with Crippen molar-refractivity contribution >= 4 is 23.6 Å². The van der Waals surface area contributed by atoms with Gasteiger partial charge >= 0.3 is 5.97 Å². The van der Waals surface area contributed by atoms with E-state index in [1.807, 2.05) is 48.5 Å². The van der Waals surface area contributed by atoms with Crippen LogP contribution in [-0.2, 0) is 23.2 Å². The topological polar surface area (TPSA) is 91.7 Å². The maximum Gasteiger partial charge on any atom is 0.358 e. The number of aryl methyl sites for hydroxylation is 1. The van der Waals surface area contributed by atoms with Crippen LogP contribution in [0.1, 0.15) is 21.6 Å². The molecule has 0 aliphatic heterocycles. The summed E-state index contributed by atoms with van der Waals surface area (Å²) >= 11 is 0. The summed E-state index contributed by atoms with van der Waals surface area (Å²) in [5.74, 6) is 0.451. The fourth-order valence-electron chi connectivity index (χ4n) is 2.91. The molecule has 31 heavy (non-hydrogen) atoms. The third-order valence-electron chi connectivity index (χ3n) is 4.44. The Bertz CT molecular complexity index is 1090. The first-order valence-corrected chi connectivity index (χ1v) is 9.46. The van der Waals surface area contributed by atoms with Gasteiger partial charge in [0.2, 0.25) is 5.91 Å². The summed E-state index contributed by atoms with van der Waals surface area (Å²) in [6.07, 6.45) is 4.43. The molecule has 0 bridgehead atoms. The second kappa shape index (κ2) is 10.1. The molecule has 8 heteroatoms. The third kappa shape index (κ3) is 5.51. The van der Waals surface area contributed by atoms with Crippen LogP contribution < -0.4 is 14.8 Å². The first-order valence-electron chi connectivity index (χ1n) is 9.46. The Morgan fingerprint density at radius 3 is 2.61 bits per heavy atom. The van der Waals surface area contributed by atoms with Crippen LogP contribution in [0.25, 0.3) is 6.08 Å². The summed E-state index contributed by atoms with van der Waals surface area (Å²) in [4.78, 5) is 24.2. The van der Waals surface area contributed by atoms with Gasteiger partial charge in [0.15, 0.2) is 5.69 Å². The fourth-order valence-corrected chi connectivity index (χ4v) is 2.91. The molecule has 0 aliphatic rings. The van der Waals surface area contributed by atoms with Crippen LogP contribution in [-0.4, -0.2) is 35.9 Å². The lowest BCUT2D eigenvalue weighted by atomic mass is 10.1. The zero-order valence-corrected chi connectivity index (χ0v) is 17.5. The number of methoxy groups -OCH3 is 2. The third-order valence-corrected chi connectivity index (χ3v) is 4.44. The Hall–Kier alpha value is -4.07. The SMILES string of the molecule is COC(=O)c1c(NC(=O)/C=C/c2ccc(OC)c(COc3ccccc3)c2)cnn1C. The number of esters is 1. The number of hydrogen-bond acceptors (Lipinski definition) is 6. The van der Waals surface area contributed by atoms with E-state index >= 15 is 0 Å². The molecule has 2 aromatic carbocycles. The van der Waals surface area contributed by atoms with E-state index in [2.05, 4.69) is 10.4 Å². The van der Waals surface area contributed by atoms with Gasteiger partial charge in [0.25, 0.3) is 0 Å². The van der Waals surface area contributed by atoms with Gasteiger partial charge in [-0.15, -0.1) is 0 Å². The maximum atomic E-state index is 12.3. The number of rotatable bonds is 8. The molecule has 3 aromatic rings. The predicted octanol–water partition coefficient (Wildman–Crippen LogP) is 3.45. The molecule has 0 spiro atoms. The largest absolute Gasteiger partial charge is 0.496 e. The number of hydrogen-bond donors (Lipinski definition) is 1. The minimum absolute atomic E-state index is 0.161. The highest BCUT2D eigenvalue weighted by Crippen LogP contribution is 2.23. The van der Waals surface area contributed by atoms with E-state index in [0.717, 1.165) is 16.9 Å². The molecule has 1 N–H and O–H groups in total. The van der Waals surface area contributed by atoms with Crippen LogP contribution in [0.3, 0.4) is 0 Å². The summed E-state index contributed by atoms with van der Waals surface area (Å²) < 4.78 is 17.3. The van der Waals surface area contributed by atoms with Crippen molar-refractivity contribution in [2.24, 2.45) is 7.05 Å². The van der Waals surface area contributed by atoms with Gasteiger partial charge in [-0.1, -0.05) is 24.3 Å². The second-order valence-corrected chi connectivity index (χ2v) is 6.52. The van der Waals surface area contributed by atoms with E-state index in [0.29, 0.717) is 12.4 Å². The molecule has 0 aliphatic carbocycles. The lowest BCUT2D eigenvalue weighted by Gasteiger charge is -2.11. The van der Waals surface area contributed by atoms with Crippen LogP contribution in [0, 0.1) is 0 Å². The van der Waals surface area contributed by atoms with E-state index in [-0.39, 0.29) is 11.4 Å². The molecule has 8 nitrogen and oxygen atoms in total. The number of aromatic nitrogens is 2. The number of nitrogens with one attached hydrogen (secondary N) is 1. The minimum Gasteiger partial charge on any atom is -0.496 e. The standard InChI is InChI=1S/C23H23N3O5/c1-26-22(23(28)30-3)19(14-24-26)25-21(27)12-10-16-9-11-20(29-2)17(13-16)15-31-18-7-5-4-6-8-18/h4-14H,15H2,1-3H3,(H,25,27)/b12-10+. The van der Waals surface area contributed by atoms with E-state index in [1.165, 1.54) is 24.1 Å². The normalized spacial score (nSPS) is 10.7. The smallest absolute Gasteiger partial charge is 0.358 e. The molecular weight excluding hydrogens is 398 g/mol. The molecule has 1 heterocycles. The molecule has 1 aromatic heterocycles. The number of anilines is 1. The van der Waals surface area contributed by atoms with Gasteiger partial charge in [0.1, 0.15) is 18.1 Å². The molecule has 3 rings (SSSR count). The Kier molecular flexibility index (Phi) is 7.05. The highest BCUT2D eigenvalue weighted by atomic mass is 16.5. The maximum absolute atomic E-state index is 12.3. The summed E-state index contributed by atoms with van der Waals surface area (Å²) in [6, 6.07) is 15.0. The Morgan fingerprint density at radius 1 is 1.13 bits per heavy atom. The van der Waals surface area contributed by atoms with Gasteiger partial charge < -0.3 is 19.5 Å². The molecule has 0 unspecified atom stereocenters.